The first-order chi connectivity index (χ1) is 9.63. The average molecular weight is 385 g/mol. The van der Waals surface area contributed by atoms with E-state index in [4.69, 9.17) is 9.47 Å². The highest BCUT2D eigenvalue weighted by atomic mass is 127. The number of benzene rings is 2. The average Bonchev–Trinajstić information content (AvgIpc) is 2.89. The minimum absolute atomic E-state index is 0.163. The summed E-state index contributed by atoms with van der Waals surface area (Å²) in [4.78, 5) is 12.1. The molecule has 0 atom stereocenters. The van der Waals surface area contributed by atoms with Gasteiger partial charge in [0.15, 0.2) is 11.5 Å². The normalized spacial score (nSPS) is 12.3. The van der Waals surface area contributed by atoms with E-state index >= 15 is 0 Å². The Morgan fingerprint density at radius 2 is 1.95 bits per heavy atom. The van der Waals surface area contributed by atoms with Crippen molar-refractivity contribution < 1.29 is 18.7 Å². The number of ether oxygens (including phenoxy) is 2. The van der Waals surface area contributed by atoms with Crippen molar-refractivity contribution in [1.82, 2.24) is 0 Å². The molecule has 1 heterocycles. The predicted octanol–water partition coefficient (Wildman–Crippen LogP) is 3.41. The molecule has 0 radical (unpaired) electrons. The molecule has 1 N–H and O–H groups in total. The topological polar surface area (TPSA) is 47.6 Å². The van der Waals surface area contributed by atoms with Gasteiger partial charge in [0, 0.05) is 9.13 Å². The van der Waals surface area contributed by atoms with Gasteiger partial charge in [0.25, 0.3) is 5.91 Å². The van der Waals surface area contributed by atoms with Crippen molar-refractivity contribution >= 4 is 34.2 Å². The van der Waals surface area contributed by atoms with Crippen molar-refractivity contribution in [3.8, 4) is 11.5 Å². The van der Waals surface area contributed by atoms with E-state index in [9.17, 15) is 9.18 Å². The molecule has 1 aliphatic rings. The van der Waals surface area contributed by atoms with E-state index < -0.39 is 0 Å². The molecule has 4 nitrogen and oxygen atoms in total. The first-order valence-electron chi connectivity index (χ1n) is 5.79. The van der Waals surface area contributed by atoms with Crippen molar-refractivity contribution in [2.24, 2.45) is 0 Å². The summed E-state index contributed by atoms with van der Waals surface area (Å²) in [6.07, 6.45) is 0. The van der Waals surface area contributed by atoms with E-state index in [0.29, 0.717) is 26.3 Å². The van der Waals surface area contributed by atoms with Crippen molar-refractivity contribution in [3.05, 3.63) is 51.3 Å². The van der Waals surface area contributed by atoms with Crippen molar-refractivity contribution in [3.63, 3.8) is 0 Å². The summed E-state index contributed by atoms with van der Waals surface area (Å²) in [5, 5.41) is 2.74. The maximum Gasteiger partial charge on any atom is 0.255 e. The van der Waals surface area contributed by atoms with E-state index in [1.165, 1.54) is 18.2 Å². The molecule has 20 heavy (non-hydrogen) atoms. The number of carbonyl (C=O) groups excluding carboxylic acids is 1. The zero-order valence-corrected chi connectivity index (χ0v) is 12.3. The van der Waals surface area contributed by atoms with Crippen LogP contribution in [-0.4, -0.2) is 12.7 Å². The number of nitrogens with one attached hydrogen (secondary N) is 1. The molecule has 1 amide bonds. The van der Waals surface area contributed by atoms with E-state index in [0.717, 1.165) is 0 Å². The first kappa shape index (κ1) is 13.2. The summed E-state index contributed by atoms with van der Waals surface area (Å²) in [5.41, 5.74) is 1.02. The van der Waals surface area contributed by atoms with Crippen LogP contribution in [0.3, 0.4) is 0 Å². The Morgan fingerprint density at radius 3 is 2.75 bits per heavy atom. The van der Waals surface area contributed by atoms with Crippen LogP contribution in [0.1, 0.15) is 10.4 Å². The smallest absolute Gasteiger partial charge is 0.255 e. The Kier molecular flexibility index (Phi) is 3.47. The predicted molar refractivity (Wildman–Crippen MR) is 79.6 cm³/mol. The summed E-state index contributed by atoms with van der Waals surface area (Å²) in [6, 6.07) is 9.15. The van der Waals surface area contributed by atoms with Crippen molar-refractivity contribution in [2.45, 2.75) is 0 Å². The summed E-state index contributed by atoms with van der Waals surface area (Å²) in [5.74, 6) is 0.549. The van der Waals surface area contributed by atoms with Crippen LogP contribution in [0.25, 0.3) is 0 Å². The van der Waals surface area contributed by atoms with Gasteiger partial charge in [-0.3, -0.25) is 4.79 Å². The van der Waals surface area contributed by atoms with Gasteiger partial charge in [-0.2, -0.15) is 0 Å². The summed E-state index contributed by atoms with van der Waals surface area (Å²) < 4.78 is 24.1. The van der Waals surface area contributed by atoms with Crippen LogP contribution in [0.2, 0.25) is 0 Å². The Labute approximate surface area is 128 Å². The number of fused-ring (bicyclic) bond motifs is 1. The van der Waals surface area contributed by atoms with Crippen LogP contribution >= 0.6 is 22.6 Å². The molecule has 0 saturated heterocycles. The standard InChI is InChI=1S/C14H9FINO3/c15-9-2-3-11(10(16)6-9)17-14(18)8-1-4-12-13(5-8)20-7-19-12/h1-6H,7H2,(H,17,18). The molecule has 0 fully saturated rings. The zero-order chi connectivity index (χ0) is 14.1. The maximum absolute atomic E-state index is 13.0. The van der Waals surface area contributed by atoms with Gasteiger partial charge in [0.2, 0.25) is 6.79 Å². The molecule has 102 valence electrons. The molecule has 0 bridgehead atoms. The van der Waals surface area contributed by atoms with Crippen LogP contribution in [0.5, 0.6) is 11.5 Å². The van der Waals surface area contributed by atoms with Gasteiger partial charge >= 0.3 is 0 Å². The second-order valence-electron chi connectivity index (χ2n) is 4.15. The van der Waals surface area contributed by atoms with Crippen molar-refractivity contribution in [1.29, 1.82) is 0 Å². The number of carbonyl (C=O) groups is 1. The Hall–Kier alpha value is -1.83. The third kappa shape index (κ3) is 2.55. The second-order valence-corrected chi connectivity index (χ2v) is 5.31. The fourth-order valence-corrected chi connectivity index (χ4v) is 2.44. The molecular formula is C14H9FINO3. The lowest BCUT2D eigenvalue weighted by atomic mass is 10.2. The van der Waals surface area contributed by atoms with Gasteiger partial charge in [0.05, 0.1) is 5.69 Å². The molecule has 2 aromatic rings. The van der Waals surface area contributed by atoms with Crippen LogP contribution in [0.15, 0.2) is 36.4 Å². The fraction of sp³-hybridized carbons (Fsp3) is 0.0714. The highest BCUT2D eigenvalue weighted by Gasteiger charge is 2.16. The third-order valence-electron chi connectivity index (χ3n) is 2.81. The minimum atomic E-state index is -0.338. The van der Waals surface area contributed by atoms with Gasteiger partial charge in [0.1, 0.15) is 5.82 Å². The molecular weight excluding hydrogens is 376 g/mol. The van der Waals surface area contributed by atoms with Crippen LogP contribution in [0.4, 0.5) is 10.1 Å². The second kappa shape index (κ2) is 5.28. The maximum atomic E-state index is 13.0. The summed E-state index contributed by atoms with van der Waals surface area (Å²) in [6.45, 7) is 0.163. The number of rotatable bonds is 2. The Morgan fingerprint density at radius 1 is 1.15 bits per heavy atom. The third-order valence-corrected chi connectivity index (χ3v) is 3.71. The fourth-order valence-electron chi connectivity index (χ4n) is 1.82. The molecule has 0 aromatic heterocycles. The van der Waals surface area contributed by atoms with Gasteiger partial charge in [-0.05, 0) is 59.0 Å². The zero-order valence-electron chi connectivity index (χ0n) is 10.2. The van der Waals surface area contributed by atoms with Gasteiger partial charge in [-0.25, -0.2) is 4.39 Å². The SMILES string of the molecule is O=C(Nc1ccc(F)cc1I)c1ccc2c(c1)OCO2. The molecule has 0 aliphatic carbocycles. The van der Waals surface area contributed by atoms with Crippen LogP contribution in [0, 0.1) is 9.39 Å². The van der Waals surface area contributed by atoms with E-state index in [1.54, 1.807) is 18.2 Å². The molecule has 0 spiro atoms. The summed E-state index contributed by atoms with van der Waals surface area (Å²) >= 11 is 1.97. The molecule has 0 unspecified atom stereocenters. The molecule has 1 aliphatic heterocycles. The highest BCUT2D eigenvalue weighted by Crippen LogP contribution is 2.32. The van der Waals surface area contributed by atoms with E-state index in [-0.39, 0.29) is 18.5 Å². The molecule has 0 saturated carbocycles. The van der Waals surface area contributed by atoms with E-state index in [1.807, 2.05) is 22.6 Å². The largest absolute Gasteiger partial charge is 0.454 e. The highest BCUT2D eigenvalue weighted by molar-refractivity contribution is 14.1. The minimum Gasteiger partial charge on any atom is -0.454 e. The number of anilines is 1. The van der Waals surface area contributed by atoms with Gasteiger partial charge in [-0.15, -0.1) is 0 Å². The monoisotopic (exact) mass is 385 g/mol. The van der Waals surface area contributed by atoms with Gasteiger partial charge < -0.3 is 14.8 Å². The first-order valence-corrected chi connectivity index (χ1v) is 6.87. The molecule has 2 aromatic carbocycles. The van der Waals surface area contributed by atoms with Gasteiger partial charge in [-0.1, -0.05) is 0 Å². The lowest BCUT2D eigenvalue weighted by molar-refractivity contribution is 0.102. The number of halogens is 2. The number of hydrogen-bond acceptors (Lipinski definition) is 3. The molecule has 6 heteroatoms. The van der Waals surface area contributed by atoms with E-state index in [2.05, 4.69) is 5.32 Å². The molecule has 3 rings (SSSR count). The quantitative estimate of drug-likeness (QED) is 0.807. The number of amides is 1. The lowest BCUT2D eigenvalue weighted by Gasteiger charge is -2.08. The van der Waals surface area contributed by atoms with Crippen LogP contribution < -0.4 is 14.8 Å². The van der Waals surface area contributed by atoms with Crippen molar-refractivity contribution in [2.75, 3.05) is 12.1 Å². The Bertz CT molecular complexity index is 690. The Balaban J connectivity index is 1.82. The summed E-state index contributed by atoms with van der Waals surface area (Å²) in [7, 11) is 0. The lowest BCUT2D eigenvalue weighted by Crippen LogP contribution is -2.12. The number of hydrogen-bond donors (Lipinski definition) is 1. The van der Waals surface area contributed by atoms with Crippen LogP contribution in [-0.2, 0) is 0 Å².